The highest BCUT2D eigenvalue weighted by atomic mass is 79.9. The van der Waals surface area contributed by atoms with E-state index in [1.54, 1.807) is 7.11 Å². The molecule has 0 spiro atoms. The number of benzene rings is 1. The third-order valence-corrected chi connectivity index (χ3v) is 4.29. The van der Waals surface area contributed by atoms with Crippen LogP contribution in [0.25, 0.3) is 0 Å². The minimum atomic E-state index is -0.150. The third-order valence-electron chi connectivity index (χ3n) is 3.51. The van der Waals surface area contributed by atoms with Gasteiger partial charge in [0.1, 0.15) is 11.6 Å². The van der Waals surface area contributed by atoms with Crippen LogP contribution >= 0.6 is 15.9 Å². The summed E-state index contributed by atoms with van der Waals surface area (Å²) in [7, 11) is 1.56. The quantitative estimate of drug-likeness (QED) is 0.746. The topological polar surface area (TPSA) is 9.23 Å². The van der Waals surface area contributed by atoms with Gasteiger partial charge in [-0.15, -0.1) is 0 Å². The van der Waals surface area contributed by atoms with Crippen molar-refractivity contribution in [2.45, 2.75) is 36.4 Å². The van der Waals surface area contributed by atoms with Gasteiger partial charge in [0, 0.05) is 10.9 Å². The fourth-order valence-corrected chi connectivity index (χ4v) is 3.47. The van der Waals surface area contributed by atoms with Crippen LogP contribution in [0.4, 0.5) is 4.39 Å². The average molecular weight is 287 g/mol. The van der Waals surface area contributed by atoms with Crippen molar-refractivity contribution in [3.8, 4) is 5.75 Å². The summed E-state index contributed by atoms with van der Waals surface area (Å²) in [6.07, 6.45) is 3.14. The predicted octanol–water partition coefficient (Wildman–Crippen LogP) is 4.04. The number of hydrogen-bond donors (Lipinski definition) is 0. The number of ether oxygens (including phenoxy) is 1. The molecule has 1 saturated carbocycles. The average Bonchev–Trinajstić information content (AvgIpc) is 2.59. The van der Waals surface area contributed by atoms with Crippen molar-refractivity contribution < 1.29 is 9.13 Å². The maximum absolute atomic E-state index is 14.0. The van der Waals surface area contributed by atoms with E-state index in [0.29, 0.717) is 10.6 Å². The Balaban J connectivity index is 2.33. The molecule has 2 rings (SSSR count). The Kier molecular flexibility index (Phi) is 3.24. The molecule has 16 heavy (non-hydrogen) atoms. The molecule has 88 valence electrons. The molecule has 1 aliphatic rings. The van der Waals surface area contributed by atoms with Gasteiger partial charge in [0.2, 0.25) is 0 Å². The SMILES string of the molecule is COc1ccc(C2(C)CCC(Br)C2)c(F)c1. The molecule has 0 heterocycles. The zero-order valence-electron chi connectivity index (χ0n) is 9.59. The van der Waals surface area contributed by atoms with Crippen LogP contribution in [0, 0.1) is 5.82 Å². The second-order valence-electron chi connectivity index (χ2n) is 4.75. The Morgan fingerprint density at radius 2 is 2.25 bits per heavy atom. The minimum Gasteiger partial charge on any atom is -0.497 e. The molecule has 1 aromatic carbocycles. The van der Waals surface area contributed by atoms with Crippen LogP contribution in [-0.2, 0) is 5.41 Å². The van der Waals surface area contributed by atoms with E-state index in [9.17, 15) is 4.39 Å². The van der Waals surface area contributed by atoms with Crippen molar-refractivity contribution in [1.29, 1.82) is 0 Å². The number of hydrogen-bond acceptors (Lipinski definition) is 1. The maximum Gasteiger partial charge on any atom is 0.130 e. The molecule has 2 atom stereocenters. The second kappa shape index (κ2) is 4.36. The number of methoxy groups -OCH3 is 1. The molecule has 0 bridgehead atoms. The zero-order chi connectivity index (χ0) is 11.8. The van der Waals surface area contributed by atoms with Gasteiger partial charge in [0.05, 0.1) is 7.11 Å². The fraction of sp³-hybridized carbons (Fsp3) is 0.538. The Bertz CT molecular complexity index is 394. The molecule has 0 aliphatic heterocycles. The second-order valence-corrected chi connectivity index (χ2v) is 6.04. The molecule has 1 aliphatic carbocycles. The zero-order valence-corrected chi connectivity index (χ0v) is 11.2. The first-order valence-corrected chi connectivity index (χ1v) is 6.45. The van der Waals surface area contributed by atoms with Gasteiger partial charge in [-0.1, -0.05) is 28.9 Å². The van der Waals surface area contributed by atoms with Gasteiger partial charge in [-0.3, -0.25) is 0 Å². The monoisotopic (exact) mass is 286 g/mol. The molecular formula is C13H16BrFO. The molecule has 1 aromatic rings. The van der Waals surface area contributed by atoms with Crippen LogP contribution in [0.2, 0.25) is 0 Å². The molecule has 1 nitrogen and oxygen atoms in total. The van der Waals surface area contributed by atoms with Crippen LogP contribution in [0.1, 0.15) is 31.7 Å². The number of halogens is 2. The van der Waals surface area contributed by atoms with Crippen molar-refractivity contribution in [2.75, 3.05) is 7.11 Å². The van der Waals surface area contributed by atoms with Gasteiger partial charge in [-0.05, 0) is 36.3 Å². The first kappa shape index (κ1) is 11.9. The van der Waals surface area contributed by atoms with Crippen LogP contribution in [0.3, 0.4) is 0 Å². The predicted molar refractivity (Wildman–Crippen MR) is 66.9 cm³/mol. The molecule has 0 amide bonds. The maximum atomic E-state index is 14.0. The lowest BCUT2D eigenvalue weighted by Crippen LogP contribution is -2.19. The van der Waals surface area contributed by atoms with Crippen molar-refractivity contribution in [2.24, 2.45) is 0 Å². The largest absolute Gasteiger partial charge is 0.497 e. The highest BCUT2D eigenvalue weighted by Gasteiger charge is 2.37. The van der Waals surface area contributed by atoms with Crippen LogP contribution in [-0.4, -0.2) is 11.9 Å². The first-order valence-electron chi connectivity index (χ1n) is 5.53. The van der Waals surface area contributed by atoms with Gasteiger partial charge in [-0.2, -0.15) is 0 Å². The van der Waals surface area contributed by atoms with Crippen molar-refractivity contribution in [1.82, 2.24) is 0 Å². The number of alkyl halides is 1. The molecule has 0 radical (unpaired) electrons. The lowest BCUT2D eigenvalue weighted by molar-refractivity contribution is 0.405. The Labute approximate surface area is 104 Å². The summed E-state index contributed by atoms with van der Waals surface area (Å²) in [5.74, 6) is 0.432. The van der Waals surface area contributed by atoms with Gasteiger partial charge < -0.3 is 4.74 Å². The van der Waals surface area contributed by atoms with E-state index < -0.39 is 0 Å². The van der Waals surface area contributed by atoms with E-state index in [4.69, 9.17) is 4.74 Å². The standard InChI is InChI=1S/C13H16BrFO/c1-13(6-5-9(14)8-13)11-4-3-10(16-2)7-12(11)15/h3-4,7,9H,5-6,8H2,1-2H3. The van der Waals surface area contributed by atoms with Crippen LogP contribution in [0.15, 0.2) is 18.2 Å². The third kappa shape index (κ3) is 2.10. The molecule has 0 saturated heterocycles. The van der Waals surface area contributed by atoms with Gasteiger partial charge in [-0.25, -0.2) is 4.39 Å². The van der Waals surface area contributed by atoms with Crippen molar-refractivity contribution >= 4 is 15.9 Å². The van der Waals surface area contributed by atoms with Crippen LogP contribution in [0.5, 0.6) is 5.75 Å². The lowest BCUT2D eigenvalue weighted by atomic mass is 9.81. The summed E-state index contributed by atoms with van der Waals surface area (Å²) >= 11 is 3.62. The van der Waals surface area contributed by atoms with E-state index in [1.807, 2.05) is 12.1 Å². The number of rotatable bonds is 2. The fourth-order valence-electron chi connectivity index (χ4n) is 2.53. The van der Waals surface area contributed by atoms with E-state index in [2.05, 4.69) is 22.9 Å². The summed E-state index contributed by atoms with van der Waals surface area (Å²) in [5.41, 5.74) is 0.778. The smallest absolute Gasteiger partial charge is 0.130 e. The van der Waals surface area contributed by atoms with Crippen molar-refractivity contribution in [3.63, 3.8) is 0 Å². The van der Waals surface area contributed by atoms with Gasteiger partial charge in [0.15, 0.2) is 0 Å². The highest BCUT2D eigenvalue weighted by Crippen LogP contribution is 2.44. The lowest BCUT2D eigenvalue weighted by Gasteiger charge is -2.25. The summed E-state index contributed by atoms with van der Waals surface area (Å²) < 4.78 is 19.0. The highest BCUT2D eigenvalue weighted by molar-refractivity contribution is 9.09. The van der Waals surface area contributed by atoms with Crippen LogP contribution < -0.4 is 4.74 Å². The summed E-state index contributed by atoms with van der Waals surface area (Å²) in [5, 5.41) is 0. The molecular weight excluding hydrogens is 271 g/mol. The molecule has 0 aromatic heterocycles. The van der Waals surface area contributed by atoms with E-state index in [0.717, 1.165) is 24.8 Å². The molecule has 0 N–H and O–H groups in total. The van der Waals surface area contributed by atoms with E-state index >= 15 is 0 Å². The molecule has 3 heteroatoms. The summed E-state index contributed by atoms with van der Waals surface area (Å²) in [6, 6.07) is 5.17. The van der Waals surface area contributed by atoms with Gasteiger partial charge >= 0.3 is 0 Å². The normalized spacial score (nSPS) is 29.4. The van der Waals surface area contributed by atoms with E-state index in [1.165, 1.54) is 6.07 Å². The Morgan fingerprint density at radius 1 is 1.50 bits per heavy atom. The Morgan fingerprint density at radius 3 is 2.75 bits per heavy atom. The summed E-state index contributed by atoms with van der Waals surface area (Å²) in [6.45, 7) is 2.14. The Hall–Kier alpha value is -0.570. The van der Waals surface area contributed by atoms with Gasteiger partial charge in [0.25, 0.3) is 0 Å². The molecule has 2 unspecified atom stereocenters. The summed E-state index contributed by atoms with van der Waals surface area (Å²) in [4.78, 5) is 0.513. The van der Waals surface area contributed by atoms with E-state index in [-0.39, 0.29) is 11.2 Å². The molecule has 1 fully saturated rings. The first-order chi connectivity index (χ1) is 7.55. The minimum absolute atomic E-state index is 0.0372. The van der Waals surface area contributed by atoms with Crippen molar-refractivity contribution in [3.05, 3.63) is 29.6 Å².